The van der Waals surface area contributed by atoms with Gasteiger partial charge in [0.15, 0.2) is 0 Å². The first-order chi connectivity index (χ1) is 13.3. The van der Waals surface area contributed by atoms with Gasteiger partial charge in [-0.25, -0.2) is 9.97 Å². The zero-order valence-corrected chi connectivity index (χ0v) is 15.0. The number of benzene rings is 3. The fourth-order valence-electron chi connectivity index (χ4n) is 3.23. The van der Waals surface area contributed by atoms with Gasteiger partial charge >= 0.3 is 0 Å². The molecule has 0 atom stereocenters. The summed E-state index contributed by atoms with van der Waals surface area (Å²) in [6.45, 7) is 0. The van der Waals surface area contributed by atoms with Gasteiger partial charge in [-0.1, -0.05) is 66.2 Å². The van der Waals surface area contributed by atoms with Gasteiger partial charge < -0.3 is 9.97 Å². The highest BCUT2D eigenvalue weighted by Gasteiger charge is 2.14. The molecule has 0 unspecified atom stereocenters. The Kier molecular flexibility index (Phi) is 3.77. The first kappa shape index (κ1) is 15.9. The van der Waals surface area contributed by atoms with Crippen LogP contribution in [0, 0.1) is 0 Å². The minimum atomic E-state index is 0.685. The zero-order valence-electron chi connectivity index (χ0n) is 14.3. The maximum Gasteiger partial charge on any atom is 0.139 e. The second-order valence-electron chi connectivity index (χ2n) is 6.30. The Balaban J connectivity index is 1.61. The number of hydrogen-bond acceptors (Lipinski definition) is 2. The van der Waals surface area contributed by atoms with Crippen LogP contribution in [0.2, 0.25) is 5.02 Å². The van der Waals surface area contributed by atoms with E-state index in [2.05, 4.69) is 27.1 Å². The van der Waals surface area contributed by atoms with Gasteiger partial charge in [-0.2, -0.15) is 0 Å². The van der Waals surface area contributed by atoms with Crippen LogP contribution in [-0.4, -0.2) is 19.9 Å². The minimum Gasteiger partial charge on any atom is -0.338 e. The summed E-state index contributed by atoms with van der Waals surface area (Å²) in [5.74, 6) is 1.60. The van der Waals surface area contributed by atoms with Crippen molar-refractivity contribution in [2.24, 2.45) is 0 Å². The number of nitrogens with one attached hydrogen (secondary N) is 2. The fraction of sp³-hybridized carbons (Fsp3) is 0. The molecule has 27 heavy (non-hydrogen) atoms. The molecule has 0 radical (unpaired) electrons. The monoisotopic (exact) mass is 370 g/mol. The van der Waals surface area contributed by atoms with Crippen LogP contribution in [0.1, 0.15) is 0 Å². The topological polar surface area (TPSA) is 57.4 Å². The normalized spacial score (nSPS) is 11.1. The molecule has 0 spiro atoms. The van der Waals surface area contributed by atoms with Crippen LogP contribution >= 0.6 is 11.6 Å². The molecule has 0 aliphatic carbocycles. The Morgan fingerprint density at radius 2 is 1.48 bits per heavy atom. The van der Waals surface area contributed by atoms with E-state index >= 15 is 0 Å². The third-order valence-corrected chi connectivity index (χ3v) is 4.78. The Bertz CT molecular complexity index is 1240. The third kappa shape index (κ3) is 2.90. The molecule has 0 aliphatic heterocycles. The van der Waals surface area contributed by atoms with E-state index < -0.39 is 0 Å². The first-order valence-corrected chi connectivity index (χ1v) is 9.01. The SMILES string of the molecule is Clc1ccc2nc(-c3ccccc3-c3ncc(-c4ccccc4)[nH]3)[nH]c2c1. The lowest BCUT2D eigenvalue weighted by Crippen LogP contribution is -1.88. The average molecular weight is 371 g/mol. The molecule has 2 heterocycles. The molecule has 0 saturated carbocycles. The van der Waals surface area contributed by atoms with Crippen molar-refractivity contribution in [2.45, 2.75) is 0 Å². The summed E-state index contributed by atoms with van der Waals surface area (Å²) in [6.07, 6.45) is 1.86. The summed E-state index contributed by atoms with van der Waals surface area (Å²) < 4.78 is 0. The van der Waals surface area contributed by atoms with Crippen LogP contribution in [0.25, 0.3) is 45.1 Å². The number of aromatic amines is 2. The van der Waals surface area contributed by atoms with Crippen LogP contribution in [-0.2, 0) is 0 Å². The lowest BCUT2D eigenvalue weighted by molar-refractivity contribution is 1.28. The number of imidazole rings is 2. The number of hydrogen-bond donors (Lipinski definition) is 2. The van der Waals surface area contributed by atoms with Gasteiger partial charge in [0.2, 0.25) is 0 Å². The van der Waals surface area contributed by atoms with Crippen LogP contribution in [0.4, 0.5) is 0 Å². The van der Waals surface area contributed by atoms with Gasteiger partial charge in [-0.05, 0) is 23.8 Å². The van der Waals surface area contributed by atoms with Gasteiger partial charge in [0, 0.05) is 16.1 Å². The molecule has 5 heteroatoms. The van der Waals surface area contributed by atoms with Gasteiger partial charge in [-0.15, -0.1) is 0 Å². The summed E-state index contributed by atoms with van der Waals surface area (Å²) in [7, 11) is 0. The van der Waals surface area contributed by atoms with E-state index in [0.717, 1.165) is 45.1 Å². The maximum absolute atomic E-state index is 6.10. The summed E-state index contributed by atoms with van der Waals surface area (Å²) in [5, 5.41) is 0.685. The predicted octanol–water partition coefficient (Wildman–Crippen LogP) is 5.94. The molecule has 5 aromatic rings. The van der Waals surface area contributed by atoms with Crippen molar-refractivity contribution >= 4 is 22.6 Å². The summed E-state index contributed by atoms with van der Waals surface area (Å²) in [4.78, 5) is 16.1. The Morgan fingerprint density at radius 1 is 0.741 bits per heavy atom. The molecule has 2 aromatic heterocycles. The molecule has 0 bridgehead atoms. The molecule has 0 fully saturated rings. The van der Waals surface area contributed by atoms with Crippen molar-refractivity contribution in [1.82, 2.24) is 19.9 Å². The standard InChI is InChI=1S/C22H15ClN4/c23-15-10-11-18-19(12-15)26-22(25-18)17-9-5-4-8-16(17)21-24-13-20(27-21)14-6-2-1-3-7-14/h1-13H,(H,24,27)(H,25,26). The van der Waals surface area contributed by atoms with Crippen LogP contribution in [0.3, 0.4) is 0 Å². The van der Waals surface area contributed by atoms with Crippen molar-refractivity contribution in [3.8, 4) is 34.0 Å². The number of fused-ring (bicyclic) bond motifs is 1. The van der Waals surface area contributed by atoms with E-state index in [1.165, 1.54) is 0 Å². The van der Waals surface area contributed by atoms with E-state index in [9.17, 15) is 0 Å². The van der Waals surface area contributed by atoms with Crippen molar-refractivity contribution in [3.05, 3.63) is 84.0 Å². The molecule has 130 valence electrons. The highest BCUT2D eigenvalue weighted by molar-refractivity contribution is 6.31. The minimum absolute atomic E-state index is 0.685. The molecular formula is C22H15ClN4. The largest absolute Gasteiger partial charge is 0.338 e. The molecule has 0 saturated heterocycles. The molecule has 4 nitrogen and oxygen atoms in total. The summed E-state index contributed by atoms with van der Waals surface area (Å²) >= 11 is 6.10. The van der Waals surface area contributed by atoms with Crippen molar-refractivity contribution in [1.29, 1.82) is 0 Å². The lowest BCUT2D eigenvalue weighted by Gasteiger charge is -2.04. The second kappa shape index (κ2) is 6.41. The second-order valence-corrected chi connectivity index (χ2v) is 6.74. The molecule has 0 amide bonds. The zero-order chi connectivity index (χ0) is 18.2. The summed E-state index contributed by atoms with van der Waals surface area (Å²) in [5.41, 5.74) is 5.86. The van der Waals surface area contributed by atoms with Crippen molar-refractivity contribution < 1.29 is 0 Å². The van der Waals surface area contributed by atoms with E-state index in [1.54, 1.807) is 0 Å². The van der Waals surface area contributed by atoms with E-state index in [0.29, 0.717) is 5.02 Å². The number of H-pyrrole nitrogens is 2. The van der Waals surface area contributed by atoms with Crippen molar-refractivity contribution in [3.63, 3.8) is 0 Å². The van der Waals surface area contributed by atoms with Gasteiger partial charge in [-0.3, -0.25) is 0 Å². The number of halogens is 1. The quantitative estimate of drug-likeness (QED) is 0.413. The number of rotatable bonds is 3. The number of nitrogens with zero attached hydrogens (tertiary/aromatic N) is 2. The first-order valence-electron chi connectivity index (χ1n) is 8.63. The van der Waals surface area contributed by atoms with Crippen LogP contribution < -0.4 is 0 Å². The highest BCUT2D eigenvalue weighted by atomic mass is 35.5. The van der Waals surface area contributed by atoms with Crippen molar-refractivity contribution in [2.75, 3.05) is 0 Å². The van der Waals surface area contributed by atoms with Crippen LogP contribution in [0.15, 0.2) is 79.0 Å². The van der Waals surface area contributed by atoms with Crippen LogP contribution in [0.5, 0.6) is 0 Å². The average Bonchev–Trinajstić information content (AvgIpc) is 3.35. The Labute approximate surface area is 160 Å². The maximum atomic E-state index is 6.10. The Hall–Kier alpha value is -3.37. The van der Waals surface area contributed by atoms with E-state index in [-0.39, 0.29) is 0 Å². The fourth-order valence-corrected chi connectivity index (χ4v) is 3.40. The van der Waals surface area contributed by atoms with E-state index in [4.69, 9.17) is 16.6 Å². The van der Waals surface area contributed by atoms with Gasteiger partial charge in [0.1, 0.15) is 11.6 Å². The Morgan fingerprint density at radius 3 is 2.30 bits per heavy atom. The molecular weight excluding hydrogens is 356 g/mol. The molecule has 0 aliphatic rings. The van der Waals surface area contributed by atoms with Gasteiger partial charge in [0.25, 0.3) is 0 Å². The third-order valence-electron chi connectivity index (χ3n) is 4.54. The molecule has 2 N–H and O–H groups in total. The molecule has 3 aromatic carbocycles. The highest BCUT2D eigenvalue weighted by Crippen LogP contribution is 2.31. The van der Waals surface area contributed by atoms with E-state index in [1.807, 2.05) is 66.9 Å². The molecule has 5 rings (SSSR count). The predicted molar refractivity (Wildman–Crippen MR) is 110 cm³/mol. The lowest BCUT2D eigenvalue weighted by atomic mass is 10.1. The van der Waals surface area contributed by atoms with Gasteiger partial charge in [0.05, 0.1) is 22.9 Å². The number of aromatic nitrogens is 4. The summed E-state index contributed by atoms with van der Waals surface area (Å²) in [6, 6.07) is 23.9. The smallest absolute Gasteiger partial charge is 0.139 e.